The summed E-state index contributed by atoms with van der Waals surface area (Å²) in [7, 11) is 2.05. The molecule has 2 fully saturated rings. The number of carbonyl (C=O) groups excluding carboxylic acids is 2. The average Bonchev–Trinajstić information content (AvgIpc) is 3.32. The van der Waals surface area contributed by atoms with E-state index < -0.39 is 0 Å². The predicted molar refractivity (Wildman–Crippen MR) is 90.8 cm³/mol. The second-order valence-electron chi connectivity index (χ2n) is 6.17. The normalized spacial score (nSPS) is 24.4. The predicted octanol–water partition coefficient (Wildman–Crippen LogP) is 2.34. The SMILES string of the molecule is CN1CCN(C(=O)C2CC2C(=O)Nc2cccc(Cl)c2Cl)CC1. The van der Waals surface area contributed by atoms with E-state index in [1.165, 1.54) is 0 Å². The van der Waals surface area contributed by atoms with Crippen LogP contribution in [0.25, 0.3) is 0 Å². The first-order valence-electron chi connectivity index (χ1n) is 7.69. The largest absolute Gasteiger partial charge is 0.340 e. The third-order valence-corrected chi connectivity index (χ3v) is 5.29. The van der Waals surface area contributed by atoms with Crippen molar-refractivity contribution in [2.75, 3.05) is 38.5 Å². The molecule has 2 amide bonds. The molecule has 0 radical (unpaired) electrons. The number of hydrogen-bond donors (Lipinski definition) is 1. The lowest BCUT2D eigenvalue weighted by molar-refractivity contribution is -0.135. The van der Waals surface area contributed by atoms with E-state index in [4.69, 9.17) is 23.2 Å². The zero-order valence-electron chi connectivity index (χ0n) is 12.9. The van der Waals surface area contributed by atoms with E-state index in [1.54, 1.807) is 18.2 Å². The molecule has 1 aliphatic heterocycles. The van der Waals surface area contributed by atoms with Gasteiger partial charge in [-0.15, -0.1) is 0 Å². The minimum absolute atomic E-state index is 0.0930. The summed E-state index contributed by atoms with van der Waals surface area (Å²) < 4.78 is 0. The van der Waals surface area contributed by atoms with Crippen molar-refractivity contribution in [3.63, 3.8) is 0 Å². The summed E-state index contributed by atoms with van der Waals surface area (Å²) in [5.74, 6) is -0.536. The Bertz CT molecular complexity index is 630. The molecule has 7 heteroatoms. The van der Waals surface area contributed by atoms with Gasteiger partial charge in [0, 0.05) is 26.2 Å². The average molecular weight is 356 g/mol. The van der Waals surface area contributed by atoms with Gasteiger partial charge in [0.05, 0.1) is 27.6 Å². The number of halogens is 2. The van der Waals surface area contributed by atoms with Crippen molar-refractivity contribution < 1.29 is 9.59 Å². The van der Waals surface area contributed by atoms with Crippen molar-refractivity contribution in [2.24, 2.45) is 11.8 Å². The van der Waals surface area contributed by atoms with Gasteiger partial charge in [-0.2, -0.15) is 0 Å². The van der Waals surface area contributed by atoms with Gasteiger partial charge in [-0.25, -0.2) is 0 Å². The maximum absolute atomic E-state index is 12.4. The number of hydrogen-bond acceptors (Lipinski definition) is 3. The first kappa shape index (κ1) is 16.6. The molecule has 0 aromatic heterocycles. The highest BCUT2D eigenvalue weighted by Crippen LogP contribution is 2.41. The molecule has 1 aromatic carbocycles. The van der Waals surface area contributed by atoms with Crippen LogP contribution in [0.4, 0.5) is 5.69 Å². The number of nitrogens with one attached hydrogen (secondary N) is 1. The fourth-order valence-corrected chi connectivity index (χ4v) is 3.19. The van der Waals surface area contributed by atoms with Gasteiger partial charge in [0.2, 0.25) is 11.8 Å². The number of anilines is 1. The van der Waals surface area contributed by atoms with Crippen LogP contribution in [0.15, 0.2) is 18.2 Å². The number of carbonyl (C=O) groups is 2. The lowest BCUT2D eigenvalue weighted by Gasteiger charge is -2.32. The van der Waals surface area contributed by atoms with E-state index in [0.717, 1.165) is 26.2 Å². The summed E-state index contributed by atoms with van der Waals surface area (Å²) in [5, 5.41) is 3.49. The quantitative estimate of drug-likeness (QED) is 0.905. The number of piperazine rings is 1. The Balaban J connectivity index is 1.56. The number of rotatable bonds is 3. The van der Waals surface area contributed by atoms with Gasteiger partial charge < -0.3 is 15.1 Å². The van der Waals surface area contributed by atoms with Gasteiger partial charge in [0.1, 0.15) is 0 Å². The van der Waals surface area contributed by atoms with Gasteiger partial charge in [-0.05, 0) is 25.6 Å². The summed E-state index contributed by atoms with van der Waals surface area (Å²) in [5.41, 5.74) is 0.488. The van der Waals surface area contributed by atoms with Crippen molar-refractivity contribution >= 4 is 40.7 Å². The summed E-state index contributed by atoms with van der Waals surface area (Å²) in [4.78, 5) is 28.8. The molecule has 5 nitrogen and oxygen atoms in total. The van der Waals surface area contributed by atoms with Crippen LogP contribution < -0.4 is 5.32 Å². The number of likely N-dealkylation sites (N-methyl/N-ethyl adjacent to an activating group) is 1. The molecule has 1 heterocycles. The number of amides is 2. The fourth-order valence-electron chi connectivity index (χ4n) is 2.84. The van der Waals surface area contributed by atoms with E-state index in [1.807, 2.05) is 11.9 Å². The van der Waals surface area contributed by atoms with Crippen LogP contribution >= 0.6 is 23.2 Å². The van der Waals surface area contributed by atoms with Crippen molar-refractivity contribution in [1.29, 1.82) is 0 Å². The monoisotopic (exact) mass is 355 g/mol. The Kier molecular flexibility index (Phi) is 4.80. The van der Waals surface area contributed by atoms with Crippen LogP contribution in [-0.2, 0) is 9.59 Å². The summed E-state index contributed by atoms with van der Waals surface area (Å²) in [6.45, 7) is 3.24. The first-order chi connectivity index (χ1) is 11.0. The highest BCUT2D eigenvalue weighted by Gasteiger charge is 2.49. The van der Waals surface area contributed by atoms with Gasteiger partial charge >= 0.3 is 0 Å². The van der Waals surface area contributed by atoms with E-state index in [9.17, 15) is 9.59 Å². The highest BCUT2D eigenvalue weighted by molar-refractivity contribution is 6.44. The van der Waals surface area contributed by atoms with Crippen LogP contribution in [0.5, 0.6) is 0 Å². The maximum atomic E-state index is 12.4. The fraction of sp³-hybridized carbons (Fsp3) is 0.500. The molecule has 1 aromatic rings. The van der Waals surface area contributed by atoms with Crippen LogP contribution in [0.1, 0.15) is 6.42 Å². The molecule has 1 N–H and O–H groups in total. The standard InChI is InChI=1S/C16H19Cl2N3O2/c1-20-5-7-21(8-6-20)16(23)11-9-10(11)15(22)19-13-4-2-3-12(17)14(13)18/h2-4,10-11H,5-9H2,1H3,(H,19,22). The molecule has 124 valence electrons. The van der Waals surface area contributed by atoms with Crippen LogP contribution in [0.3, 0.4) is 0 Å². The van der Waals surface area contributed by atoms with Crippen molar-refractivity contribution in [3.8, 4) is 0 Å². The zero-order valence-corrected chi connectivity index (χ0v) is 14.4. The summed E-state index contributed by atoms with van der Waals surface area (Å²) >= 11 is 12.0. The third kappa shape index (κ3) is 3.62. The third-order valence-electron chi connectivity index (χ3n) is 4.47. The topological polar surface area (TPSA) is 52.7 Å². The Morgan fingerprint density at radius 1 is 1.13 bits per heavy atom. The molecule has 2 unspecified atom stereocenters. The Morgan fingerprint density at radius 2 is 1.83 bits per heavy atom. The van der Waals surface area contributed by atoms with E-state index >= 15 is 0 Å². The minimum atomic E-state index is -0.266. The summed E-state index contributed by atoms with van der Waals surface area (Å²) in [6.07, 6.45) is 0.606. The number of benzene rings is 1. The number of nitrogens with zero attached hydrogens (tertiary/aromatic N) is 2. The van der Waals surface area contributed by atoms with Gasteiger partial charge in [-0.1, -0.05) is 29.3 Å². The molecule has 1 saturated heterocycles. The molecule has 0 spiro atoms. The van der Waals surface area contributed by atoms with Crippen LogP contribution in [0.2, 0.25) is 10.0 Å². The van der Waals surface area contributed by atoms with Gasteiger partial charge in [0.15, 0.2) is 0 Å². The highest BCUT2D eigenvalue weighted by atomic mass is 35.5. The van der Waals surface area contributed by atoms with Crippen molar-refractivity contribution in [3.05, 3.63) is 28.2 Å². The summed E-state index contributed by atoms with van der Waals surface area (Å²) in [6, 6.07) is 5.09. The molecule has 3 rings (SSSR count). The van der Waals surface area contributed by atoms with Gasteiger partial charge in [0.25, 0.3) is 0 Å². The zero-order chi connectivity index (χ0) is 16.6. The van der Waals surface area contributed by atoms with Crippen molar-refractivity contribution in [2.45, 2.75) is 6.42 Å². The molecule has 23 heavy (non-hydrogen) atoms. The van der Waals surface area contributed by atoms with E-state index in [0.29, 0.717) is 22.2 Å². The molecular weight excluding hydrogens is 337 g/mol. The lowest BCUT2D eigenvalue weighted by atomic mass is 10.2. The Morgan fingerprint density at radius 3 is 2.52 bits per heavy atom. The molecule has 1 aliphatic carbocycles. The maximum Gasteiger partial charge on any atom is 0.228 e. The minimum Gasteiger partial charge on any atom is -0.340 e. The molecule has 2 aliphatic rings. The first-order valence-corrected chi connectivity index (χ1v) is 8.45. The lowest BCUT2D eigenvalue weighted by Crippen LogP contribution is -2.48. The Labute approximate surface area is 145 Å². The smallest absolute Gasteiger partial charge is 0.228 e. The van der Waals surface area contributed by atoms with Gasteiger partial charge in [-0.3, -0.25) is 9.59 Å². The van der Waals surface area contributed by atoms with Crippen molar-refractivity contribution in [1.82, 2.24) is 9.80 Å². The molecular formula is C16H19Cl2N3O2. The molecule has 0 bridgehead atoms. The van der Waals surface area contributed by atoms with Crippen LogP contribution in [0, 0.1) is 11.8 Å². The second-order valence-corrected chi connectivity index (χ2v) is 6.95. The second kappa shape index (κ2) is 6.67. The van der Waals surface area contributed by atoms with E-state index in [-0.39, 0.29) is 23.7 Å². The Hall–Kier alpha value is -1.30. The molecule has 1 saturated carbocycles. The molecule has 2 atom stereocenters. The van der Waals surface area contributed by atoms with Crippen LogP contribution in [-0.4, -0.2) is 54.8 Å². The van der Waals surface area contributed by atoms with E-state index in [2.05, 4.69) is 10.2 Å².